The highest BCUT2D eigenvalue weighted by Crippen LogP contribution is 2.66. The zero-order valence-electron chi connectivity index (χ0n) is 15.2. The van der Waals surface area contributed by atoms with Crippen LogP contribution in [0.5, 0.6) is 0 Å². The Bertz CT molecular complexity index is 665. The molecule has 0 saturated heterocycles. The van der Waals surface area contributed by atoms with Crippen LogP contribution >= 0.6 is 0 Å². The molecule has 3 fully saturated rings. The van der Waals surface area contributed by atoms with Crippen molar-refractivity contribution in [2.45, 2.75) is 64.9 Å². The lowest BCUT2D eigenvalue weighted by atomic mass is 9.46. The van der Waals surface area contributed by atoms with E-state index in [0.29, 0.717) is 31.0 Å². The smallest absolute Gasteiger partial charge is 0.198 e. The minimum atomic E-state index is -0.465. The first-order valence-corrected chi connectivity index (χ1v) is 9.72. The molecule has 4 aliphatic carbocycles. The average molecular weight is 344 g/mol. The zero-order valence-corrected chi connectivity index (χ0v) is 15.2. The predicted octanol–water partition coefficient (Wildman–Crippen LogP) is 2.87. The molecular weight excluding hydrogens is 316 g/mol. The molecule has 3 saturated carbocycles. The molecular formula is C21H28O4. The summed E-state index contributed by atoms with van der Waals surface area (Å²) in [6.45, 7) is 4.35. The maximum atomic E-state index is 12.2. The van der Waals surface area contributed by atoms with Gasteiger partial charge < -0.3 is 5.11 Å². The summed E-state index contributed by atoms with van der Waals surface area (Å²) < 4.78 is 0. The van der Waals surface area contributed by atoms with E-state index in [1.54, 1.807) is 0 Å². The third-order valence-electron chi connectivity index (χ3n) is 8.35. The van der Waals surface area contributed by atoms with Crippen LogP contribution in [0.4, 0.5) is 0 Å². The first-order valence-electron chi connectivity index (χ1n) is 9.72. The van der Waals surface area contributed by atoms with Crippen LogP contribution < -0.4 is 0 Å². The third kappa shape index (κ3) is 2.26. The first-order chi connectivity index (χ1) is 11.8. The summed E-state index contributed by atoms with van der Waals surface area (Å²) in [4.78, 5) is 35.1. The maximum Gasteiger partial charge on any atom is 0.198 e. The quantitative estimate of drug-likeness (QED) is 0.618. The summed E-state index contributed by atoms with van der Waals surface area (Å²) in [6, 6.07) is 0. The molecule has 1 N–H and O–H groups in total. The van der Waals surface area contributed by atoms with Crippen LogP contribution in [0.25, 0.3) is 0 Å². The number of aliphatic hydroxyl groups excluding tert-OH is 1. The summed E-state index contributed by atoms with van der Waals surface area (Å²) in [5.74, 6) is 0.645. The number of carbonyl (C=O) groups excluding carboxylic acids is 3. The van der Waals surface area contributed by atoms with E-state index in [4.69, 9.17) is 0 Å². The number of Topliss-reactive ketones (excluding diaryl/α,β-unsaturated/α-hetero) is 1. The Morgan fingerprint density at radius 1 is 1.24 bits per heavy atom. The highest BCUT2D eigenvalue weighted by molar-refractivity contribution is 6.26. The molecule has 4 rings (SSSR count). The van der Waals surface area contributed by atoms with Crippen molar-refractivity contribution in [3.63, 3.8) is 0 Å². The Balaban J connectivity index is 1.71. The molecule has 0 bridgehead atoms. The lowest BCUT2D eigenvalue weighted by molar-refractivity contribution is -0.147. The highest BCUT2D eigenvalue weighted by atomic mass is 16.3. The fourth-order valence-corrected chi connectivity index (χ4v) is 7.24. The Morgan fingerprint density at radius 3 is 2.72 bits per heavy atom. The molecule has 7 atom stereocenters. The van der Waals surface area contributed by atoms with E-state index in [-0.39, 0.29) is 34.2 Å². The minimum Gasteiger partial charge on any atom is -0.393 e. The number of fused-ring (bicyclic) bond motifs is 5. The number of hydrogen-bond acceptors (Lipinski definition) is 4. The van der Waals surface area contributed by atoms with Gasteiger partial charge in [0, 0.05) is 12.3 Å². The van der Waals surface area contributed by atoms with Gasteiger partial charge in [0.15, 0.2) is 17.9 Å². The SMILES string of the molecule is C[C@]12C[C@H](O)[C@@H]3[C@@H](CCC4=CC(=O)CC[C@@]43C)[C@H]1CC[C@@H]2C(=O)C=O. The number of aldehydes is 1. The van der Waals surface area contributed by atoms with E-state index >= 15 is 0 Å². The Hall–Kier alpha value is -1.29. The molecule has 0 unspecified atom stereocenters. The van der Waals surface area contributed by atoms with Crippen molar-refractivity contribution in [1.82, 2.24) is 0 Å². The van der Waals surface area contributed by atoms with Crippen molar-refractivity contribution in [1.29, 1.82) is 0 Å². The van der Waals surface area contributed by atoms with Crippen molar-refractivity contribution >= 4 is 17.9 Å². The number of aliphatic hydroxyl groups is 1. The van der Waals surface area contributed by atoms with Gasteiger partial charge in [-0.25, -0.2) is 0 Å². The summed E-state index contributed by atoms with van der Waals surface area (Å²) >= 11 is 0. The van der Waals surface area contributed by atoms with E-state index in [0.717, 1.165) is 32.1 Å². The van der Waals surface area contributed by atoms with Crippen LogP contribution in [0, 0.1) is 34.5 Å². The molecule has 0 aromatic carbocycles. The molecule has 4 aliphatic rings. The molecule has 4 heteroatoms. The Morgan fingerprint density at radius 2 is 2.00 bits per heavy atom. The van der Waals surface area contributed by atoms with Crippen LogP contribution in [0.1, 0.15) is 58.8 Å². The van der Waals surface area contributed by atoms with Gasteiger partial charge in [-0.2, -0.15) is 0 Å². The number of ketones is 2. The Labute approximate surface area is 149 Å². The van der Waals surface area contributed by atoms with Crippen LogP contribution in [-0.4, -0.2) is 29.1 Å². The van der Waals surface area contributed by atoms with Gasteiger partial charge >= 0.3 is 0 Å². The van der Waals surface area contributed by atoms with Gasteiger partial charge in [-0.1, -0.05) is 19.4 Å². The molecule has 4 nitrogen and oxygen atoms in total. The fraction of sp³-hybridized carbons (Fsp3) is 0.762. The Kier molecular flexibility index (Phi) is 3.84. The molecule has 0 aromatic heterocycles. The van der Waals surface area contributed by atoms with E-state index in [9.17, 15) is 19.5 Å². The largest absolute Gasteiger partial charge is 0.393 e. The number of carbonyl (C=O) groups is 3. The van der Waals surface area contributed by atoms with Gasteiger partial charge in [-0.05, 0) is 73.2 Å². The van der Waals surface area contributed by atoms with Crippen LogP contribution in [-0.2, 0) is 14.4 Å². The van der Waals surface area contributed by atoms with Crippen molar-refractivity contribution in [2.24, 2.45) is 34.5 Å². The topological polar surface area (TPSA) is 71.4 Å². The summed E-state index contributed by atoms with van der Waals surface area (Å²) in [6.07, 6.45) is 7.51. The summed E-state index contributed by atoms with van der Waals surface area (Å²) in [7, 11) is 0. The van der Waals surface area contributed by atoms with Crippen LogP contribution in [0.15, 0.2) is 11.6 Å². The molecule has 0 heterocycles. The second-order valence-electron chi connectivity index (χ2n) is 9.32. The average Bonchev–Trinajstić information content (AvgIpc) is 2.91. The van der Waals surface area contributed by atoms with Gasteiger partial charge in [0.1, 0.15) is 0 Å². The minimum absolute atomic E-state index is 0.0929. The van der Waals surface area contributed by atoms with E-state index in [2.05, 4.69) is 13.8 Å². The summed E-state index contributed by atoms with van der Waals surface area (Å²) in [5, 5.41) is 11.1. The molecule has 0 aromatic rings. The normalized spacial score (nSPS) is 48.8. The van der Waals surface area contributed by atoms with Gasteiger partial charge in [-0.3, -0.25) is 14.4 Å². The molecule has 136 valence electrons. The third-order valence-corrected chi connectivity index (χ3v) is 8.35. The fourth-order valence-electron chi connectivity index (χ4n) is 7.24. The van der Waals surface area contributed by atoms with E-state index < -0.39 is 6.10 Å². The predicted molar refractivity (Wildman–Crippen MR) is 92.7 cm³/mol. The molecule has 0 spiro atoms. The molecule has 0 amide bonds. The molecule has 0 aliphatic heterocycles. The molecule has 0 radical (unpaired) electrons. The monoisotopic (exact) mass is 344 g/mol. The second-order valence-corrected chi connectivity index (χ2v) is 9.32. The van der Waals surface area contributed by atoms with Crippen molar-refractivity contribution in [3.8, 4) is 0 Å². The van der Waals surface area contributed by atoms with E-state index in [1.807, 2.05) is 6.08 Å². The van der Waals surface area contributed by atoms with Gasteiger partial charge in [-0.15, -0.1) is 0 Å². The zero-order chi connectivity index (χ0) is 18.0. The molecule has 25 heavy (non-hydrogen) atoms. The number of hydrogen-bond donors (Lipinski definition) is 1. The standard InChI is InChI=1S/C21H28O4/c1-20-8-7-13(23)9-12(20)3-4-14-15-5-6-16(18(25)11-22)21(15,2)10-17(24)19(14)20/h9,11,14-17,19,24H,3-8,10H2,1-2H3/t14-,15+,16+,17-,19-,20-,21-/m0/s1. The summed E-state index contributed by atoms with van der Waals surface area (Å²) in [5.41, 5.74) is 0.872. The first kappa shape index (κ1) is 17.1. The lowest BCUT2D eigenvalue weighted by Gasteiger charge is -2.59. The maximum absolute atomic E-state index is 12.2. The van der Waals surface area contributed by atoms with Crippen molar-refractivity contribution < 1.29 is 19.5 Å². The number of rotatable bonds is 2. The lowest BCUT2D eigenvalue weighted by Crippen LogP contribution is -2.57. The highest BCUT2D eigenvalue weighted by Gasteiger charge is 2.62. The number of allylic oxidation sites excluding steroid dienone is 1. The van der Waals surface area contributed by atoms with Crippen LogP contribution in [0.3, 0.4) is 0 Å². The van der Waals surface area contributed by atoms with Crippen molar-refractivity contribution in [2.75, 3.05) is 0 Å². The van der Waals surface area contributed by atoms with Crippen molar-refractivity contribution in [3.05, 3.63) is 11.6 Å². The van der Waals surface area contributed by atoms with E-state index in [1.165, 1.54) is 5.57 Å². The van der Waals surface area contributed by atoms with Gasteiger partial charge in [0.25, 0.3) is 0 Å². The second kappa shape index (κ2) is 5.60. The van der Waals surface area contributed by atoms with Gasteiger partial charge in [0.2, 0.25) is 0 Å². The van der Waals surface area contributed by atoms with Gasteiger partial charge in [0.05, 0.1) is 6.10 Å². The van der Waals surface area contributed by atoms with Crippen LogP contribution in [0.2, 0.25) is 0 Å².